The molecule has 0 N–H and O–H groups in total. The van der Waals surface area contributed by atoms with Gasteiger partial charge < -0.3 is 18.9 Å². The van der Waals surface area contributed by atoms with E-state index in [4.69, 9.17) is 42.1 Å². The number of hydrogen-bond donors (Lipinski definition) is 0. The van der Waals surface area contributed by atoms with Crippen LogP contribution in [0.3, 0.4) is 0 Å². The Morgan fingerprint density at radius 1 is 1.00 bits per heavy atom. The first kappa shape index (κ1) is 17.0. The molecule has 0 aliphatic rings. The van der Waals surface area contributed by atoms with E-state index in [1.54, 1.807) is 14.2 Å². The summed E-state index contributed by atoms with van der Waals surface area (Å²) in [5.74, 6) is 0.518. The lowest BCUT2D eigenvalue weighted by atomic mass is 10.2. The highest BCUT2D eigenvalue weighted by molar-refractivity contribution is 6.37. The number of carbonyl (C=O) groups excluding carboxylic acids is 1. The highest BCUT2D eigenvalue weighted by atomic mass is 35.5. The lowest BCUT2D eigenvalue weighted by molar-refractivity contribution is 0.112. The lowest BCUT2D eigenvalue weighted by Crippen LogP contribution is -2.10. The van der Waals surface area contributed by atoms with Crippen molar-refractivity contribution in [2.24, 2.45) is 0 Å². The molecule has 0 spiro atoms. The molecule has 0 amide bonds. The van der Waals surface area contributed by atoms with Crippen LogP contribution in [0.25, 0.3) is 0 Å². The van der Waals surface area contributed by atoms with E-state index in [-0.39, 0.29) is 40.3 Å². The third-order valence-corrected chi connectivity index (χ3v) is 3.02. The van der Waals surface area contributed by atoms with Gasteiger partial charge in [-0.3, -0.25) is 4.79 Å². The zero-order chi connectivity index (χ0) is 15.0. The maximum atomic E-state index is 10.9. The molecule has 0 fully saturated rings. The summed E-state index contributed by atoms with van der Waals surface area (Å²) in [5.41, 5.74) is 0.239. The van der Waals surface area contributed by atoms with E-state index in [0.29, 0.717) is 19.5 Å². The standard InChI is InChI=1S/C13H16Cl2O5/c1-17-3-5-19-12-10(14)7-9(8-16)11(15)13(12)20-6-4-18-2/h7-8H,3-6H2,1-2H3. The van der Waals surface area contributed by atoms with Gasteiger partial charge in [0, 0.05) is 19.8 Å². The zero-order valence-corrected chi connectivity index (χ0v) is 12.8. The Balaban J connectivity index is 3.03. The molecule has 0 heterocycles. The minimum atomic E-state index is 0.160. The summed E-state index contributed by atoms with van der Waals surface area (Å²) >= 11 is 12.2. The van der Waals surface area contributed by atoms with Crippen molar-refractivity contribution in [3.05, 3.63) is 21.7 Å². The molecule has 0 saturated carbocycles. The van der Waals surface area contributed by atoms with Gasteiger partial charge in [0.2, 0.25) is 0 Å². The Bertz CT molecular complexity index is 451. The van der Waals surface area contributed by atoms with Crippen LogP contribution in [-0.4, -0.2) is 46.9 Å². The first-order chi connectivity index (χ1) is 9.65. The van der Waals surface area contributed by atoms with Crippen molar-refractivity contribution in [1.82, 2.24) is 0 Å². The van der Waals surface area contributed by atoms with Gasteiger partial charge in [0.15, 0.2) is 17.8 Å². The number of carbonyl (C=O) groups is 1. The molecule has 20 heavy (non-hydrogen) atoms. The van der Waals surface area contributed by atoms with Gasteiger partial charge >= 0.3 is 0 Å². The minimum Gasteiger partial charge on any atom is -0.486 e. The van der Waals surface area contributed by atoms with Crippen LogP contribution in [0.1, 0.15) is 10.4 Å². The van der Waals surface area contributed by atoms with E-state index in [0.717, 1.165) is 0 Å². The fourth-order valence-electron chi connectivity index (χ4n) is 1.41. The summed E-state index contributed by atoms with van der Waals surface area (Å²) in [4.78, 5) is 10.9. The largest absolute Gasteiger partial charge is 0.486 e. The van der Waals surface area contributed by atoms with Crippen LogP contribution in [-0.2, 0) is 9.47 Å². The second-order valence-corrected chi connectivity index (χ2v) is 4.51. The van der Waals surface area contributed by atoms with Crippen molar-refractivity contribution in [3.63, 3.8) is 0 Å². The molecular weight excluding hydrogens is 307 g/mol. The first-order valence-electron chi connectivity index (χ1n) is 5.86. The molecule has 0 aliphatic heterocycles. The highest BCUT2D eigenvalue weighted by Crippen LogP contribution is 2.42. The quantitative estimate of drug-likeness (QED) is 0.517. The third-order valence-electron chi connectivity index (χ3n) is 2.35. The molecular formula is C13H16Cl2O5. The number of methoxy groups -OCH3 is 2. The minimum absolute atomic E-state index is 0.160. The predicted molar refractivity (Wildman–Crippen MR) is 76.6 cm³/mol. The number of aldehydes is 1. The number of ether oxygens (including phenoxy) is 4. The molecule has 7 heteroatoms. The highest BCUT2D eigenvalue weighted by Gasteiger charge is 2.19. The van der Waals surface area contributed by atoms with Crippen molar-refractivity contribution in [3.8, 4) is 11.5 Å². The van der Waals surface area contributed by atoms with Crippen molar-refractivity contribution >= 4 is 29.5 Å². The van der Waals surface area contributed by atoms with Crippen molar-refractivity contribution in [2.75, 3.05) is 40.6 Å². The van der Waals surface area contributed by atoms with Gasteiger partial charge in [-0.15, -0.1) is 0 Å². The molecule has 0 bridgehead atoms. The van der Waals surface area contributed by atoms with Gasteiger partial charge in [0.25, 0.3) is 0 Å². The van der Waals surface area contributed by atoms with Gasteiger partial charge in [0.05, 0.1) is 23.3 Å². The summed E-state index contributed by atoms with van der Waals surface area (Å²) < 4.78 is 20.8. The molecule has 0 atom stereocenters. The van der Waals surface area contributed by atoms with Crippen LogP contribution in [0, 0.1) is 0 Å². The molecule has 112 valence electrons. The number of rotatable bonds is 9. The monoisotopic (exact) mass is 322 g/mol. The first-order valence-corrected chi connectivity index (χ1v) is 6.62. The third kappa shape index (κ3) is 4.52. The summed E-state index contributed by atoms with van der Waals surface area (Å²) in [5, 5.41) is 0.410. The fraction of sp³-hybridized carbons (Fsp3) is 0.462. The Kier molecular flexibility index (Phi) is 7.69. The Hall–Kier alpha value is -1.01. The Labute approximate surface area is 127 Å². The van der Waals surface area contributed by atoms with E-state index in [1.807, 2.05) is 0 Å². The Morgan fingerprint density at radius 3 is 2.05 bits per heavy atom. The average Bonchev–Trinajstić information content (AvgIpc) is 2.45. The fourth-order valence-corrected chi connectivity index (χ4v) is 1.91. The topological polar surface area (TPSA) is 54.0 Å². The SMILES string of the molecule is COCCOc1c(Cl)cc(C=O)c(Cl)c1OCCOC. The number of halogens is 2. The van der Waals surface area contributed by atoms with Crippen molar-refractivity contribution < 1.29 is 23.7 Å². The van der Waals surface area contributed by atoms with E-state index in [1.165, 1.54) is 6.07 Å². The van der Waals surface area contributed by atoms with E-state index in [2.05, 4.69) is 0 Å². The van der Waals surface area contributed by atoms with Crippen LogP contribution in [0.2, 0.25) is 10.0 Å². The number of benzene rings is 1. The van der Waals surface area contributed by atoms with Crippen molar-refractivity contribution in [2.45, 2.75) is 0 Å². The normalized spacial score (nSPS) is 10.4. The molecule has 0 unspecified atom stereocenters. The molecule has 1 aromatic carbocycles. The summed E-state index contributed by atoms with van der Waals surface area (Å²) in [6, 6.07) is 1.43. The summed E-state index contributed by atoms with van der Waals surface area (Å²) in [6.45, 7) is 1.31. The van der Waals surface area contributed by atoms with E-state index < -0.39 is 0 Å². The van der Waals surface area contributed by atoms with Crippen LogP contribution in [0.15, 0.2) is 6.07 Å². The molecule has 1 aromatic rings. The van der Waals surface area contributed by atoms with Gasteiger partial charge in [-0.05, 0) is 6.07 Å². The van der Waals surface area contributed by atoms with Gasteiger partial charge in [-0.1, -0.05) is 23.2 Å². The maximum absolute atomic E-state index is 10.9. The second kappa shape index (κ2) is 9.02. The molecule has 0 radical (unpaired) electrons. The van der Waals surface area contributed by atoms with Crippen LogP contribution in [0.4, 0.5) is 0 Å². The predicted octanol–water partition coefficient (Wildman–Crippen LogP) is 2.86. The zero-order valence-electron chi connectivity index (χ0n) is 11.3. The lowest BCUT2D eigenvalue weighted by Gasteiger charge is -2.16. The van der Waals surface area contributed by atoms with Crippen LogP contribution < -0.4 is 9.47 Å². The van der Waals surface area contributed by atoms with Crippen LogP contribution >= 0.6 is 23.2 Å². The molecule has 0 aliphatic carbocycles. The van der Waals surface area contributed by atoms with Gasteiger partial charge in [-0.25, -0.2) is 0 Å². The second-order valence-electron chi connectivity index (χ2n) is 3.72. The number of hydrogen-bond acceptors (Lipinski definition) is 5. The van der Waals surface area contributed by atoms with Gasteiger partial charge in [-0.2, -0.15) is 0 Å². The molecule has 5 nitrogen and oxygen atoms in total. The van der Waals surface area contributed by atoms with E-state index >= 15 is 0 Å². The molecule has 0 aromatic heterocycles. The molecule has 1 rings (SSSR count). The van der Waals surface area contributed by atoms with Gasteiger partial charge in [0.1, 0.15) is 13.2 Å². The maximum Gasteiger partial charge on any atom is 0.182 e. The van der Waals surface area contributed by atoms with E-state index in [9.17, 15) is 4.79 Å². The summed E-state index contributed by atoms with van der Waals surface area (Å²) in [7, 11) is 3.11. The Morgan fingerprint density at radius 2 is 1.55 bits per heavy atom. The van der Waals surface area contributed by atoms with Crippen LogP contribution in [0.5, 0.6) is 11.5 Å². The van der Waals surface area contributed by atoms with Crippen molar-refractivity contribution in [1.29, 1.82) is 0 Å². The molecule has 0 saturated heterocycles. The summed E-state index contributed by atoms with van der Waals surface area (Å²) in [6.07, 6.45) is 0.607. The smallest absolute Gasteiger partial charge is 0.182 e. The average molecular weight is 323 g/mol.